The van der Waals surface area contributed by atoms with Gasteiger partial charge in [0.2, 0.25) is 0 Å². The highest BCUT2D eigenvalue weighted by atomic mass is 32.1. The molecule has 0 fully saturated rings. The summed E-state index contributed by atoms with van der Waals surface area (Å²) in [5, 5.41) is 0. The van der Waals surface area contributed by atoms with E-state index in [1.54, 1.807) is 0 Å². The van der Waals surface area contributed by atoms with E-state index in [0.29, 0.717) is 0 Å². The lowest BCUT2D eigenvalue weighted by atomic mass is 9.76. The van der Waals surface area contributed by atoms with E-state index in [4.69, 9.17) is 25.3 Å². The average molecular weight is 477 g/mol. The molecule has 0 N–H and O–H groups in total. The number of hydrogen-bond acceptors (Lipinski definition) is 4. The fraction of sp³-hybridized carbons (Fsp3) is 0.111. The highest BCUT2D eigenvalue weighted by Gasteiger charge is 2.25. The lowest BCUT2D eigenvalue weighted by Gasteiger charge is -2.28. The Hall–Kier alpha value is -1.72. The van der Waals surface area contributed by atoms with Gasteiger partial charge >= 0.3 is 0 Å². The van der Waals surface area contributed by atoms with Crippen LogP contribution in [0.15, 0.2) is 105 Å². The minimum absolute atomic E-state index is 0.219. The minimum atomic E-state index is -0.219. The minimum Gasteiger partial charge on any atom is -0.143 e. The predicted molar refractivity (Wildman–Crippen MR) is 145 cm³/mol. The van der Waals surface area contributed by atoms with Crippen molar-refractivity contribution in [1.29, 1.82) is 0 Å². The van der Waals surface area contributed by atoms with E-state index >= 15 is 0 Å². The summed E-state index contributed by atoms with van der Waals surface area (Å²) >= 11 is 18.8. The zero-order valence-corrected chi connectivity index (χ0v) is 20.9. The molecule has 0 radical (unpaired) electrons. The van der Waals surface area contributed by atoms with Crippen LogP contribution >= 0.6 is 50.5 Å². The lowest BCUT2D eigenvalue weighted by Crippen LogP contribution is -2.19. The lowest BCUT2D eigenvalue weighted by molar-refractivity contribution is 0.640. The fourth-order valence-electron chi connectivity index (χ4n) is 3.85. The van der Waals surface area contributed by atoms with Crippen LogP contribution in [0.1, 0.15) is 25.0 Å². The molecule has 0 heterocycles. The SMILES string of the molecule is CC(C)(c1ccc(S)c(-c2ccccc2S)c1)c1ccc(S)c(-c2ccccc2S)c1. The molecule has 4 aromatic carbocycles. The molecule has 31 heavy (non-hydrogen) atoms. The van der Waals surface area contributed by atoms with Gasteiger partial charge in [-0.3, -0.25) is 0 Å². The van der Waals surface area contributed by atoms with Crippen molar-refractivity contribution in [1.82, 2.24) is 0 Å². The van der Waals surface area contributed by atoms with Crippen molar-refractivity contribution in [2.45, 2.75) is 38.8 Å². The molecule has 0 nitrogen and oxygen atoms in total. The Kier molecular flexibility index (Phi) is 6.55. The molecule has 0 atom stereocenters. The molecular weight excluding hydrogens is 453 g/mol. The predicted octanol–water partition coefficient (Wildman–Crippen LogP) is 8.50. The molecule has 0 bridgehead atoms. The first-order chi connectivity index (χ1) is 14.8. The summed E-state index contributed by atoms with van der Waals surface area (Å²) in [5.41, 5.74) is 6.57. The van der Waals surface area contributed by atoms with Crippen LogP contribution < -0.4 is 0 Å². The summed E-state index contributed by atoms with van der Waals surface area (Å²) < 4.78 is 0. The van der Waals surface area contributed by atoms with Gasteiger partial charge in [-0.15, -0.1) is 50.5 Å². The van der Waals surface area contributed by atoms with Crippen LogP contribution in [0.25, 0.3) is 22.3 Å². The Morgan fingerprint density at radius 1 is 0.452 bits per heavy atom. The van der Waals surface area contributed by atoms with E-state index < -0.39 is 0 Å². The van der Waals surface area contributed by atoms with E-state index in [1.807, 2.05) is 36.4 Å². The van der Waals surface area contributed by atoms with Gasteiger partial charge in [0.15, 0.2) is 0 Å². The number of hydrogen-bond donors (Lipinski definition) is 4. The normalized spacial score (nSPS) is 11.5. The molecule has 0 aliphatic heterocycles. The first-order valence-corrected chi connectivity index (χ1v) is 11.8. The maximum absolute atomic E-state index is 4.72. The van der Waals surface area contributed by atoms with Crippen LogP contribution in [0.2, 0.25) is 0 Å². The molecule has 0 aromatic heterocycles. The van der Waals surface area contributed by atoms with Crippen molar-refractivity contribution in [3.8, 4) is 22.3 Å². The molecule has 0 unspecified atom stereocenters. The largest absolute Gasteiger partial charge is 0.143 e. The Labute approximate surface area is 206 Å². The van der Waals surface area contributed by atoms with Gasteiger partial charge in [0, 0.05) is 25.0 Å². The Bertz CT molecular complexity index is 1160. The van der Waals surface area contributed by atoms with Gasteiger partial charge < -0.3 is 0 Å². The van der Waals surface area contributed by atoms with Crippen molar-refractivity contribution in [2.75, 3.05) is 0 Å². The highest BCUT2D eigenvalue weighted by Crippen LogP contribution is 2.40. The summed E-state index contributed by atoms with van der Waals surface area (Å²) in [7, 11) is 0. The third-order valence-corrected chi connectivity index (χ3v) is 7.38. The summed E-state index contributed by atoms with van der Waals surface area (Å²) in [5.74, 6) is 0. The average Bonchev–Trinajstić information content (AvgIpc) is 2.75. The van der Waals surface area contributed by atoms with Gasteiger partial charge in [-0.25, -0.2) is 0 Å². The molecule has 0 aliphatic carbocycles. The van der Waals surface area contributed by atoms with Gasteiger partial charge in [-0.2, -0.15) is 0 Å². The van der Waals surface area contributed by atoms with Gasteiger partial charge in [-0.05, 0) is 69.8 Å². The standard InChI is InChI=1S/C27H24S4/c1-27(2,17-11-13-25(30)21(15-17)19-7-3-5-9-23(19)28)18-12-14-26(31)22(16-18)20-8-4-6-10-24(20)29/h3-16,28-31H,1-2H3. The molecule has 156 valence electrons. The number of benzene rings is 4. The molecule has 4 aromatic rings. The van der Waals surface area contributed by atoms with E-state index in [-0.39, 0.29) is 5.41 Å². The fourth-order valence-corrected chi connectivity index (χ4v) is 4.93. The van der Waals surface area contributed by atoms with Crippen LogP contribution in [0.3, 0.4) is 0 Å². The van der Waals surface area contributed by atoms with Gasteiger partial charge in [0.1, 0.15) is 0 Å². The summed E-state index contributed by atoms with van der Waals surface area (Å²) in [4.78, 5) is 3.77. The van der Waals surface area contributed by atoms with Crippen molar-refractivity contribution >= 4 is 50.5 Å². The second-order valence-corrected chi connectivity index (χ2v) is 10.1. The van der Waals surface area contributed by atoms with Crippen molar-refractivity contribution in [3.05, 3.63) is 96.1 Å². The zero-order chi connectivity index (χ0) is 22.2. The maximum atomic E-state index is 4.72. The molecular formula is C27H24S4. The van der Waals surface area contributed by atoms with Gasteiger partial charge in [0.25, 0.3) is 0 Å². The monoisotopic (exact) mass is 476 g/mol. The van der Waals surface area contributed by atoms with E-state index in [1.165, 1.54) is 11.1 Å². The Morgan fingerprint density at radius 2 is 0.806 bits per heavy atom. The Morgan fingerprint density at radius 3 is 1.19 bits per heavy atom. The van der Waals surface area contributed by atoms with Crippen LogP contribution in [-0.4, -0.2) is 0 Å². The molecule has 4 heteroatoms. The Balaban J connectivity index is 1.83. The zero-order valence-electron chi connectivity index (χ0n) is 17.4. The van der Waals surface area contributed by atoms with E-state index in [0.717, 1.165) is 41.8 Å². The molecule has 4 rings (SSSR count). The molecule has 0 saturated heterocycles. The van der Waals surface area contributed by atoms with Crippen LogP contribution in [0.5, 0.6) is 0 Å². The third kappa shape index (κ3) is 4.45. The van der Waals surface area contributed by atoms with Crippen molar-refractivity contribution in [3.63, 3.8) is 0 Å². The molecule has 0 saturated carbocycles. The molecule has 0 spiro atoms. The first kappa shape index (κ1) is 22.5. The third-order valence-electron chi connectivity index (χ3n) is 5.82. The molecule has 0 amide bonds. The van der Waals surface area contributed by atoms with Crippen LogP contribution in [0, 0.1) is 0 Å². The van der Waals surface area contributed by atoms with Crippen molar-refractivity contribution < 1.29 is 0 Å². The maximum Gasteiger partial charge on any atom is 0.0147 e. The quantitative estimate of drug-likeness (QED) is 0.209. The van der Waals surface area contributed by atoms with Crippen molar-refractivity contribution in [2.24, 2.45) is 0 Å². The summed E-state index contributed by atoms with van der Waals surface area (Å²) in [6.45, 7) is 4.50. The van der Waals surface area contributed by atoms with Crippen LogP contribution in [-0.2, 0) is 5.41 Å². The van der Waals surface area contributed by atoms with E-state index in [2.05, 4.69) is 87.6 Å². The number of thiol groups is 4. The van der Waals surface area contributed by atoms with Gasteiger partial charge in [-0.1, -0.05) is 62.4 Å². The summed E-state index contributed by atoms with van der Waals surface area (Å²) in [6, 6.07) is 29.2. The second kappa shape index (κ2) is 9.03. The highest BCUT2D eigenvalue weighted by molar-refractivity contribution is 7.81. The number of rotatable bonds is 4. The second-order valence-electron chi connectivity index (χ2n) is 8.12. The van der Waals surface area contributed by atoms with Gasteiger partial charge in [0.05, 0.1) is 0 Å². The topological polar surface area (TPSA) is 0 Å². The van der Waals surface area contributed by atoms with Crippen LogP contribution in [0.4, 0.5) is 0 Å². The summed E-state index contributed by atoms with van der Waals surface area (Å²) in [6.07, 6.45) is 0. The van der Waals surface area contributed by atoms with E-state index in [9.17, 15) is 0 Å². The molecule has 0 aliphatic rings. The first-order valence-electron chi connectivity index (χ1n) is 10.0. The smallest absolute Gasteiger partial charge is 0.0147 e.